The van der Waals surface area contributed by atoms with Gasteiger partial charge in [-0.25, -0.2) is 13.1 Å². The largest absolute Gasteiger partial charge is 0.240 e. The maximum absolute atomic E-state index is 12.5. The SMILES string of the molecule is N#Cc1cccc(S(=O)(=O)NC2CCC3CCCCC3C2)c1. The van der Waals surface area contributed by atoms with E-state index in [1.165, 1.54) is 31.7 Å². The quantitative estimate of drug-likeness (QED) is 0.930. The van der Waals surface area contributed by atoms with Gasteiger partial charge in [0.05, 0.1) is 16.5 Å². The van der Waals surface area contributed by atoms with Gasteiger partial charge in [-0.15, -0.1) is 0 Å². The van der Waals surface area contributed by atoms with Crippen LogP contribution in [-0.4, -0.2) is 14.5 Å². The zero-order valence-electron chi connectivity index (χ0n) is 12.7. The molecule has 0 aliphatic heterocycles. The molecule has 2 aliphatic rings. The van der Waals surface area contributed by atoms with Crippen molar-refractivity contribution in [2.75, 3.05) is 0 Å². The molecule has 0 saturated heterocycles. The highest BCUT2D eigenvalue weighted by atomic mass is 32.2. The Morgan fingerprint density at radius 2 is 1.86 bits per heavy atom. The summed E-state index contributed by atoms with van der Waals surface area (Å²) in [6.07, 6.45) is 8.20. The van der Waals surface area contributed by atoms with Crippen molar-refractivity contribution in [2.24, 2.45) is 11.8 Å². The first-order valence-electron chi connectivity index (χ1n) is 8.11. The Labute approximate surface area is 132 Å². The third kappa shape index (κ3) is 3.34. The monoisotopic (exact) mass is 318 g/mol. The maximum Gasteiger partial charge on any atom is 0.240 e. The summed E-state index contributed by atoms with van der Waals surface area (Å²) in [6, 6.07) is 8.25. The fourth-order valence-electron chi connectivity index (χ4n) is 4.00. The zero-order chi connectivity index (χ0) is 15.6. The van der Waals surface area contributed by atoms with Crippen molar-refractivity contribution in [3.05, 3.63) is 29.8 Å². The molecular weight excluding hydrogens is 296 g/mol. The van der Waals surface area contributed by atoms with Crippen LogP contribution in [-0.2, 0) is 10.0 Å². The standard InChI is InChI=1S/C17H22N2O2S/c18-12-13-4-3-7-17(10-13)22(20,21)19-16-9-8-14-5-1-2-6-15(14)11-16/h3-4,7,10,14-16,19H,1-2,5-6,8-9,11H2. The summed E-state index contributed by atoms with van der Waals surface area (Å²) < 4.78 is 27.9. The lowest BCUT2D eigenvalue weighted by molar-refractivity contribution is 0.152. The number of sulfonamides is 1. The minimum absolute atomic E-state index is 0.0371. The molecule has 5 heteroatoms. The summed E-state index contributed by atoms with van der Waals surface area (Å²) in [4.78, 5) is 0.192. The summed E-state index contributed by atoms with van der Waals surface area (Å²) in [6.45, 7) is 0. The number of hydrogen-bond donors (Lipinski definition) is 1. The van der Waals surface area contributed by atoms with Crippen LogP contribution < -0.4 is 4.72 Å². The van der Waals surface area contributed by atoms with Gasteiger partial charge in [0.25, 0.3) is 0 Å². The summed E-state index contributed by atoms with van der Waals surface area (Å²) in [5.41, 5.74) is 0.374. The van der Waals surface area contributed by atoms with Crippen LogP contribution in [0, 0.1) is 23.2 Å². The van der Waals surface area contributed by atoms with E-state index in [9.17, 15) is 8.42 Å². The number of rotatable bonds is 3. The molecule has 3 rings (SSSR count). The highest BCUT2D eigenvalue weighted by Crippen LogP contribution is 2.40. The van der Waals surface area contributed by atoms with E-state index in [2.05, 4.69) is 4.72 Å². The van der Waals surface area contributed by atoms with Gasteiger partial charge in [0.15, 0.2) is 0 Å². The van der Waals surface area contributed by atoms with E-state index in [0.717, 1.165) is 25.2 Å². The highest BCUT2D eigenvalue weighted by Gasteiger charge is 2.33. The van der Waals surface area contributed by atoms with Crippen LogP contribution >= 0.6 is 0 Å². The average Bonchev–Trinajstić information content (AvgIpc) is 2.54. The van der Waals surface area contributed by atoms with Crippen molar-refractivity contribution in [1.82, 2.24) is 4.72 Å². The first kappa shape index (κ1) is 15.5. The van der Waals surface area contributed by atoms with Gasteiger partial charge in [-0.2, -0.15) is 5.26 Å². The minimum atomic E-state index is -3.53. The van der Waals surface area contributed by atoms with Gasteiger partial charge in [0.2, 0.25) is 10.0 Å². The second-order valence-corrected chi connectivity index (χ2v) is 8.29. The second kappa shape index (κ2) is 6.39. The van der Waals surface area contributed by atoms with Gasteiger partial charge in [0.1, 0.15) is 0 Å². The predicted molar refractivity (Wildman–Crippen MR) is 84.6 cm³/mol. The minimum Gasteiger partial charge on any atom is -0.208 e. The highest BCUT2D eigenvalue weighted by molar-refractivity contribution is 7.89. The molecule has 1 N–H and O–H groups in total. The molecule has 0 aromatic heterocycles. The lowest BCUT2D eigenvalue weighted by atomic mass is 9.70. The van der Waals surface area contributed by atoms with E-state index in [0.29, 0.717) is 11.5 Å². The molecule has 3 atom stereocenters. The van der Waals surface area contributed by atoms with E-state index in [1.807, 2.05) is 6.07 Å². The lowest BCUT2D eigenvalue weighted by Crippen LogP contribution is -2.41. The van der Waals surface area contributed by atoms with E-state index in [1.54, 1.807) is 18.2 Å². The number of nitrogens with one attached hydrogen (secondary N) is 1. The van der Waals surface area contributed by atoms with E-state index < -0.39 is 10.0 Å². The van der Waals surface area contributed by atoms with Crippen molar-refractivity contribution in [1.29, 1.82) is 5.26 Å². The number of benzene rings is 1. The van der Waals surface area contributed by atoms with Gasteiger partial charge in [-0.05, 0) is 49.3 Å². The van der Waals surface area contributed by atoms with Crippen LogP contribution in [0.3, 0.4) is 0 Å². The van der Waals surface area contributed by atoms with Gasteiger partial charge >= 0.3 is 0 Å². The first-order chi connectivity index (χ1) is 10.6. The van der Waals surface area contributed by atoms with E-state index >= 15 is 0 Å². The smallest absolute Gasteiger partial charge is 0.208 e. The number of hydrogen-bond acceptors (Lipinski definition) is 3. The van der Waals surface area contributed by atoms with Gasteiger partial charge in [-0.3, -0.25) is 0 Å². The summed E-state index contributed by atoms with van der Waals surface area (Å²) in [7, 11) is -3.53. The third-order valence-corrected chi connectivity index (χ3v) is 6.65. The Hall–Kier alpha value is -1.38. The average molecular weight is 318 g/mol. The molecule has 118 valence electrons. The molecule has 1 aromatic rings. The molecular formula is C17H22N2O2S. The van der Waals surface area contributed by atoms with Crippen molar-refractivity contribution in [2.45, 2.75) is 55.9 Å². The number of nitrogens with zero attached hydrogens (tertiary/aromatic N) is 1. The molecule has 0 radical (unpaired) electrons. The normalized spacial score (nSPS) is 28.6. The zero-order valence-corrected chi connectivity index (χ0v) is 13.5. The molecule has 2 saturated carbocycles. The van der Waals surface area contributed by atoms with Gasteiger partial charge in [-0.1, -0.05) is 31.7 Å². The van der Waals surface area contributed by atoms with Crippen LogP contribution in [0.2, 0.25) is 0 Å². The summed E-state index contributed by atoms with van der Waals surface area (Å²) >= 11 is 0. The molecule has 22 heavy (non-hydrogen) atoms. The number of fused-ring (bicyclic) bond motifs is 1. The molecule has 0 bridgehead atoms. The Balaban J connectivity index is 1.70. The maximum atomic E-state index is 12.5. The fraction of sp³-hybridized carbons (Fsp3) is 0.588. The topological polar surface area (TPSA) is 70.0 Å². The second-order valence-electron chi connectivity index (χ2n) is 6.58. The van der Waals surface area contributed by atoms with E-state index in [4.69, 9.17) is 5.26 Å². The Morgan fingerprint density at radius 3 is 2.64 bits per heavy atom. The Kier molecular flexibility index (Phi) is 4.51. The summed E-state index contributed by atoms with van der Waals surface area (Å²) in [5, 5.41) is 8.91. The molecule has 1 aromatic carbocycles. The molecule has 2 aliphatic carbocycles. The Bertz CT molecular complexity index is 678. The van der Waals surface area contributed by atoms with Crippen molar-refractivity contribution >= 4 is 10.0 Å². The third-order valence-electron chi connectivity index (χ3n) is 5.13. The van der Waals surface area contributed by atoms with Crippen molar-refractivity contribution < 1.29 is 8.42 Å². The van der Waals surface area contributed by atoms with Crippen LogP contribution in [0.15, 0.2) is 29.2 Å². The lowest BCUT2D eigenvalue weighted by Gasteiger charge is -2.39. The van der Waals surface area contributed by atoms with Gasteiger partial charge in [0, 0.05) is 6.04 Å². The fourth-order valence-corrected chi connectivity index (χ4v) is 5.33. The van der Waals surface area contributed by atoms with Crippen molar-refractivity contribution in [3.63, 3.8) is 0 Å². The van der Waals surface area contributed by atoms with Crippen LogP contribution in [0.1, 0.15) is 50.5 Å². The summed E-state index contributed by atoms with van der Waals surface area (Å²) in [5.74, 6) is 1.48. The van der Waals surface area contributed by atoms with Crippen LogP contribution in [0.25, 0.3) is 0 Å². The predicted octanol–water partition coefficient (Wildman–Crippen LogP) is 3.20. The van der Waals surface area contributed by atoms with Crippen molar-refractivity contribution in [3.8, 4) is 6.07 Å². The molecule has 4 nitrogen and oxygen atoms in total. The van der Waals surface area contributed by atoms with Crippen LogP contribution in [0.5, 0.6) is 0 Å². The Morgan fingerprint density at radius 1 is 1.09 bits per heavy atom. The molecule has 3 unspecified atom stereocenters. The molecule has 0 amide bonds. The molecule has 2 fully saturated rings. The first-order valence-corrected chi connectivity index (χ1v) is 9.59. The molecule has 0 heterocycles. The van der Waals surface area contributed by atoms with E-state index in [-0.39, 0.29) is 10.9 Å². The number of nitriles is 1. The molecule has 0 spiro atoms. The van der Waals surface area contributed by atoms with Crippen LogP contribution in [0.4, 0.5) is 0 Å². The van der Waals surface area contributed by atoms with Gasteiger partial charge < -0.3 is 0 Å².